The summed E-state index contributed by atoms with van der Waals surface area (Å²) in [5.74, 6) is 0.712. The molecule has 0 amide bonds. The number of nitrogens with zero attached hydrogens (tertiary/aromatic N) is 1. The Morgan fingerprint density at radius 3 is 2.72 bits per heavy atom. The first kappa shape index (κ1) is 13.5. The molecular formula is C15H24N2O. The van der Waals surface area contributed by atoms with Gasteiger partial charge in [0.1, 0.15) is 6.10 Å². The van der Waals surface area contributed by atoms with E-state index in [1.165, 1.54) is 32.1 Å². The van der Waals surface area contributed by atoms with E-state index in [1.54, 1.807) is 6.20 Å². The average Bonchev–Trinajstić information content (AvgIpc) is 2.41. The monoisotopic (exact) mass is 248 g/mol. The van der Waals surface area contributed by atoms with E-state index < -0.39 is 0 Å². The van der Waals surface area contributed by atoms with E-state index in [0.29, 0.717) is 5.92 Å². The maximum atomic E-state index is 6.04. The highest BCUT2D eigenvalue weighted by atomic mass is 16.5. The van der Waals surface area contributed by atoms with Gasteiger partial charge in [0.2, 0.25) is 0 Å². The Balaban J connectivity index is 1.90. The molecule has 1 heterocycles. The van der Waals surface area contributed by atoms with E-state index in [2.05, 4.69) is 4.98 Å². The van der Waals surface area contributed by atoms with Crippen molar-refractivity contribution in [2.24, 2.45) is 11.7 Å². The molecule has 1 aliphatic rings. The Morgan fingerprint density at radius 1 is 1.33 bits per heavy atom. The molecule has 2 unspecified atom stereocenters. The van der Waals surface area contributed by atoms with Gasteiger partial charge < -0.3 is 10.5 Å². The fourth-order valence-corrected chi connectivity index (χ4v) is 2.64. The molecule has 0 saturated heterocycles. The number of rotatable bonds is 5. The van der Waals surface area contributed by atoms with Crippen molar-refractivity contribution in [2.75, 3.05) is 6.61 Å². The molecule has 3 heteroatoms. The van der Waals surface area contributed by atoms with Gasteiger partial charge in [0.25, 0.3) is 0 Å². The van der Waals surface area contributed by atoms with Crippen LogP contribution in [-0.4, -0.2) is 17.6 Å². The zero-order chi connectivity index (χ0) is 12.8. The van der Waals surface area contributed by atoms with Crippen LogP contribution >= 0.6 is 0 Å². The van der Waals surface area contributed by atoms with Crippen LogP contribution in [0.15, 0.2) is 24.4 Å². The lowest BCUT2D eigenvalue weighted by Gasteiger charge is -2.26. The summed E-state index contributed by atoms with van der Waals surface area (Å²) in [5, 5.41) is 0. The van der Waals surface area contributed by atoms with Crippen LogP contribution in [0, 0.1) is 5.92 Å². The summed E-state index contributed by atoms with van der Waals surface area (Å²) in [6.07, 6.45) is 8.40. The maximum Gasteiger partial charge on any atom is 0.114 e. The third kappa shape index (κ3) is 3.79. The molecule has 2 rings (SSSR count). The van der Waals surface area contributed by atoms with Gasteiger partial charge in [0.15, 0.2) is 0 Å². The molecule has 0 aromatic carbocycles. The zero-order valence-corrected chi connectivity index (χ0v) is 11.2. The van der Waals surface area contributed by atoms with E-state index in [9.17, 15) is 0 Å². The van der Waals surface area contributed by atoms with E-state index in [0.717, 1.165) is 12.3 Å². The molecule has 0 spiro atoms. The molecule has 0 radical (unpaired) electrons. The van der Waals surface area contributed by atoms with Gasteiger partial charge in [-0.2, -0.15) is 0 Å². The minimum Gasteiger partial charge on any atom is -0.370 e. The molecule has 100 valence electrons. The quantitative estimate of drug-likeness (QED) is 0.871. The first-order valence-corrected chi connectivity index (χ1v) is 7.05. The molecule has 0 bridgehead atoms. The second-order valence-corrected chi connectivity index (χ2v) is 5.37. The van der Waals surface area contributed by atoms with Crippen molar-refractivity contribution in [3.63, 3.8) is 0 Å². The van der Waals surface area contributed by atoms with E-state index in [-0.39, 0.29) is 12.1 Å². The molecule has 1 aliphatic carbocycles. The third-order valence-corrected chi connectivity index (χ3v) is 3.69. The number of hydrogen-bond donors (Lipinski definition) is 1. The highest BCUT2D eigenvalue weighted by molar-refractivity contribution is 5.08. The topological polar surface area (TPSA) is 48.1 Å². The summed E-state index contributed by atoms with van der Waals surface area (Å²) in [5.41, 5.74) is 6.97. The predicted molar refractivity (Wildman–Crippen MR) is 73.2 cm³/mol. The van der Waals surface area contributed by atoms with Crippen molar-refractivity contribution in [1.29, 1.82) is 0 Å². The summed E-state index contributed by atoms with van der Waals surface area (Å²) in [6, 6.07) is 5.88. The molecule has 1 aromatic rings. The van der Waals surface area contributed by atoms with E-state index in [1.807, 2.05) is 25.1 Å². The van der Waals surface area contributed by atoms with Gasteiger partial charge in [0.05, 0.1) is 12.3 Å². The normalized spacial score (nSPS) is 20.6. The molecule has 2 atom stereocenters. The fourth-order valence-electron chi connectivity index (χ4n) is 2.64. The number of nitrogens with two attached hydrogens (primary N) is 1. The van der Waals surface area contributed by atoms with Gasteiger partial charge in [-0.25, -0.2) is 0 Å². The van der Waals surface area contributed by atoms with Crippen LogP contribution in [0.5, 0.6) is 0 Å². The SMILES string of the molecule is CC(N)C(OCC1CCCCC1)c1ccccn1. The van der Waals surface area contributed by atoms with Crippen LogP contribution in [-0.2, 0) is 4.74 Å². The van der Waals surface area contributed by atoms with Crippen LogP contribution in [0.3, 0.4) is 0 Å². The predicted octanol–water partition coefficient (Wildman–Crippen LogP) is 3.07. The minimum absolute atomic E-state index is 0.0245. The Kier molecular flexibility index (Phi) is 5.14. The summed E-state index contributed by atoms with van der Waals surface area (Å²) in [4.78, 5) is 4.36. The lowest BCUT2D eigenvalue weighted by molar-refractivity contribution is 0.00589. The van der Waals surface area contributed by atoms with Gasteiger partial charge in [-0.3, -0.25) is 4.98 Å². The van der Waals surface area contributed by atoms with Crippen molar-refractivity contribution in [1.82, 2.24) is 4.98 Å². The second-order valence-electron chi connectivity index (χ2n) is 5.37. The Hall–Kier alpha value is -0.930. The largest absolute Gasteiger partial charge is 0.370 e. The van der Waals surface area contributed by atoms with E-state index in [4.69, 9.17) is 10.5 Å². The molecule has 18 heavy (non-hydrogen) atoms. The van der Waals surface area contributed by atoms with Crippen LogP contribution in [0.25, 0.3) is 0 Å². The zero-order valence-electron chi connectivity index (χ0n) is 11.2. The van der Waals surface area contributed by atoms with Crippen molar-refractivity contribution in [2.45, 2.75) is 51.2 Å². The van der Waals surface area contributed by atoms with Crippen molar-refractivity contribution in [3.05, 3.63) is 30.1 Å². The van der Waals surface area contributed by atoms with Crippen molar-refractivity contribution in [3.8, 4) is 0 Å². The lowest BCUT2D eigenvalue weighted by atomic mass is 9.90. The van der Waals surface area contributed by atoms with Gasteiger partial charge in [-0.15, -0.1) is 0 Å². The van der Waals surface area contributed by atoms with Crippen LogP contribution in [0.4, 0.5) is 0 Å². The molecule has 1 fully saturated rings. The minimum atomic E-state index is -0.0758. The van der Waals surface area contributed by atoms with Gasteiger partial charge >= 0.3 is 0 Å². The molecular weight excluding hydrogens is 224 g/mol. The van der Waals surface area contributed by atoms with Gasteiger partial charge in [0, 0.05) is 12.2 Å². The highest BCUT2D eigenvalue weighted by Crippen LogP contribution is 2.26. The molecule has 1 saturated carbocycles. The van der Waals surface area contributed by atoms with E-state index >= 15 is 0 Å². The summed E-state index contributed by atoms with van der Waals surface area (Å²) in [6.45, 7) is 2.81. The first-order chi connectivity index (χ1) is 8.77. The smallest absolute Gasteiger partial charge is 0.114 e. The summed E-state index contributed by atoms with van der Waals surface area (Å²) < 4.78 is 6.04. The number of ether oxygens (including phenoxy) is 1. The Bertz CT molecular complexity index is 334. The number of pyridine rings is 1. The van der Waals surface area contributed by atoms with Crippen LogP contribution in [0.2, 0.25) is 0 Å². The maximum absolute atomic E-state index is 6.04. The molecule has 0 aliphatic heterocycles. The Labute approximate surface area is 110 Å². The van der Waals surface area contributed by atoms with Gasteiger partial charge in [-0.05, 0) is 37.8 Å². The fraction of sp³-hybridized carbons (Fsp3) is 0.667. The highest BCUT2D eigenvalue weighted by Gasteiger charge is 2.21. The standard InChI is InChI=1S/C15H24N2O/c1-12(16)15(14-9-5-6-10-17-14)18-11-13-7-3-2-4-8-13/h5-6,9-10,12-13,15H,2-4,7-8,11,16H2,1H3. The summed E-state index contributed by atoms with van der Waals surface area (Å²) >= 11 is 0. The number of aromatic nitrogens is 1. The molecule has 2 N–H and O–H groups in total. The van der Waals surface area contributed by atoms with Crippen molar-refractivity contribution < 1.29 is 4.74 Å². The summed E-state index contributed by atoms with van der Waals surface area (Å²) in [7, 11) is 0. The Morgan fingerprint density at radius 2 is 2.11 bits per heavy atom. The third-order valence-electron chi connectivity index (χ3n) is 3.69. The number of hydrogen-bond acceptors (Lipinski definition) is 3. The molecule has 1 aromatic heterocycles. The van der Waals surface area contributed by atoms with Gasteiger partial charge in [-0.1, -0.05) is 25.3 Å². The van der Waals surface area contributed by atoms with Crippen LogP contribution < -0.4 is 5.73 Å². The first-order valence-electron chi connectivity index (χ1n) is 7.05. The second kappa shape index (κ2) is 6.86. The molecule has 3 nitrogen and oxygen atoms in total. The average molecular weight is 248 g/mol. The lowest BCUT2D eigenvalue weighted by Crippen LogP contribution is -2.29. The van der Waals surface area contributed by atoms with Crippen molar-refractivity contribution >= 4 is 0 Å². The van der Waals surface area contributed by atoms with Crippen LogP contribution in [0.1, 0.15) is 50.8 Å².